The van der Waals surface area contributed by atoms with Gasteiger partial charge in [0.15, 0.2) is 5.75 Å². The third-order valence-corrected chi connectivity index (χ3v) is 5.86. The average molecular weight is 506 g/mol. The van der Waals surface area contributed by atoms with Crippen molar-refractivity contribution in [1.29, 1.82) is 5.26 Å². The summed E-state index contributed by atoms with van der Waals surface area (Å²) in [7, 11) is 0. The molecule has 2 N–H and O–H groups in total. The van der Waals surface area contributed by atoms with Crippen molar-refractivity contribution >= 4 is 51.4 Å². The van der Waals surface area contributed by atoms with Gasteiger partial charge in [-0.05, 0) is 68.3 Å². The average Bonchev–Trinajstić information content (AvgIpc) is 2.82. The lowest BCUT2D eigenvalue weighted by molar-refractivity contribution is 0.342. The van der Waals surface area contributed by atoms with Gasteiger partial charge >= 0.3 is 0 Å². The number of halogens is 2. The van der Waals surface area contributed by atoms with Gasteiger partial charge in [0.1, 0.15) is 18.5 Å². The Balaban J connectivity index is 1.72. The highest BCUT2D eigenvalue weighted by molar-refractivity contribution is 6.32. The number of hydrogen-bond donors (Lipinski definition) is 1. The predicted molar refractivity (Wildman–Crippen MR) is 144 cm³/mol. The molecular weight excluding hydrogens is 481 g/mol. The van der Waals surface area contributed by atoms with Gasteiger partial charge in [0.2, 0.25) is 0 Å². The van der Waals surface area contributed by atoms with Gasteiger partial charge in [-0.1, -0.05) is 29.8 Å². The van der Waals surface area contributed by atoms with E-state index in [1.165, 1.54) is 0 Å². The van der Waals surface area contributed by atoms with E-state index in [0.717, 1.165) is 33.5 Å². The second-order valence-electron chi connectivity index (χ2n) is 9.00. The lowest BCUT2D eigenvalue weighted by Gasteiger charge is -2.38. The molecule has 1 aromatic heterocycles. The number of aromatic nitrogens is 2. The number of anilines is 3. The van der Waals surface area contributed by atoms with Gasteiger partial charge in [0.05, 0.1) is 33.7 Å². The smallest absolute Gasteiger partial charge is 0.155 e. The first-order valence-corrected chi connectivity index (χ1v) is 12.0. The predicted octanol–water partition coefficient (Wildman–Crippen LogP) is 6.96. The third kappa shape index (κ3) is 5.27. The Morgan fingerprint density at radius 3 is 2.37 bits per heavy atom. The van der Waals surface area contributed by atoms with Gasteiger partial charge in [0, 0.05) is 16.9 Å². The normalized spacial score (nSPS) is 11.3. The molecule has 0 spiro atoms. The van der Waals surface area contributed by atoms with Crippen molar-refractivity contribution in [2.75, 3.05) is 23.1 Å². The summed E-state index contributed by atoms with van der Waals surface area (Å²) in [4.78, 5) is 10.8. The standard InChI is InChI=1S/C27H25Cl2N5O/c1-27(2,3)34(21-12-19(15-30)26(22(29)14-21)35-11-10-28)20-7-4-17(5-8-20)18-6-9-23-24(13-18)32-16-25(31)33-23/h4-9,12-14,16H,10-11H2,1-3H3,(H2,31,33). The topological polar surface area (TPSA) is 88.1 Å². The van der Waals surface area contributed by atoms with Crippen LogP contribution in [0.25, 0.3) is 22.2 Å². The second kappa shape index (κ2) is 9.99. The van der Waals surface area contributed by atoms with E-state index in [0.29, 0.717) is 28.0 Å². The third-order valence-electron chi connectivity index (χ3n) is 5.42. The lowest BCUT2D eigenvalue weighted by Crippen LogP contribution is -2.37. The summed E-state index contributed by atoms with van der Waals surface area (Å²) in [6, 6.07) is 20.0. The zero-order valence-corrected chi connectivity index (χ0v) is 21.2. The van der Waals surface area contributed by atoms with E-state index in [2.05, 4.69) is 66.0 Å². The van der Waals surface area contributed by atoms with Gasteiger partial charge in [-0.25, -0.2) is 4.98 Å². The number of alkyl halides is 1. The molecule has 4 aromatic rings. The number of benzene rings is 3. The minimum absolute atomic E-state index is 0.271. The molecule has 0 saturated heterocycles. The number of nitriles is 1. The van der Waals surface area contributed by atoms with Crippen LogP contribution in [0, 0.1) is 11.3 Å². The molecular formula is C27H25Cl2N5O. The van der Waals surface area contributed by atoms with Crippen LogP contribution in [0.1, 0.15) is 26.3 Å². The Morgan fingerprint density at radius 2 is 1.71 bits per heavy atom. The first-order chi connectivity index (χ1) is 16.7. The van der Waals surface area contributed by atoms with Crippen molar-refractivity contribution in [3.63, 3.8) is 0 Å². The molecule has 0 amide bonds. The molecule has 0 fully saturated rings. The highest BCUT2D eigenvalue weighted by Gasteiger charge is 2.26. The fraction of sp³-hybridized carbons (Fsp3) is 0.222. The Morgan fingerprint density at radius 1 is 1.00 bits per heavy atom. The van der Waals surface area contributed by atoms with Crippen LogP contribution in [-0.2, 0) is 0 Å². The van der Waals surface area contributed by atoms with E-state index in [1.54, 1.807) is 12.3 Å². The van der Waals surface area contributed by atoms with E-state index in [9.17, 15) is 5.26 Å². The summed E-state index contributed by atoms with van der Waals surface area (Å²) in [6.07, 6.45) is 1.56. The monoisotopic (exact) mass is 505 g/mol. The van der Waals surface area contributed by atoms with Crippen molar-refractivity contribution in [2.24, 2.45) is 0 Å². The van der Waals surface area contributed by atoms with Gasteiger partial charge in [-0.15, -0.1) is 11.6 Å². The summed E-state index contributed by atoms with van der Waals surface area (Å²) in [5.41, 5.74) is 11.2. The minimum atomic E-state index is -0.297. The quantitative estimate of drug-likeness (QED) is 0.285. The molecule has 0 atom stereocenters. The van der Waals surface area contributed by atoms with Crippen LogP contribution >= 0.6 is 23.2 Å². The molecule has 4 rings (SSSR count). The van der Waals surface area contributed by atoms with Crippen molar-refractivity contribution < 1.29 is 4.74 Å². The summed E-state index contributed by atoms with van der Waals surface area (Å²) in [5, 5.41) is 10.1. The maximum absolute atomic E-state index is 9.72. The molecule has 6 nitrogen and oxygen atoms in total. The first kappa shape index (κ1) is 24.6. The molecule has 0 radical (unpaired) electrons. The number of fused-ring (bicyclic) bond motifs is 1. The van der Waals surface area contributed by atoms with Crippen LogP contribution < -0.4 is 15.4 Å². The van der Waals surface area contributed by atoms with Crippen molar-refractivity contribution in [2.45, 2.75) is 26.3 Å². The molecule has 0 aliphatic carbocycles. The molecule has 3 aromatic carbocycles. The summed E-state index contributed by atoms with van der Waals surface area (Å²) >= 11 is 12.3. The van der Waals surface area contributed by atoms with Gasteiger partial charge in [-0.2, -0.15) is 5.26 Å². The van der Waals surface area contributed by atoms with Crippen LogP contribution in [0.3, 0.4) is 0 Å². The molecule has 1 heterocycles. The Labute approximate surface area is 214 Å². The fourth-order valence-electron chi connectivity index (χ4n) is 4.01. The zero-order chi connectivity index (χ0) is 25.2. The van der Waals surface area contributed by atoms with Gasteiger partial charge in [0.25, 0.3) is 0 Å². The largest absolute Gasteiger partial charge is 0.489 e. The van der Waals surface area contributed by atoms with Crippen molar-refractivity contribution in [3.8, 4) is 22.9 Å². The second-order valence-corrected chi connectivity index (χ2v) is 9.79. The SMILES string of the molecule is CC(C)(C)N(c1ccc(-c2ccc3nc(N)cnc3c2)cc1)c1cc(Cl)c(OCCCl)c(C#N)c1. The zero-order valence-electron chi connectivity index (χ0n) is 19.7. The van der Waals surface area contributed by atoms with Crippen molar-refractivity contribution in [3.05, 3.63) is 71.4 Å². The molecule has 0 saturated carbocycles. The lowest BCUT2D eigenvalue weighted by atomic mass is 10.00. The first-order valence-electron chi connectivity index (χ1n) is 11.1. The van der Waals surface area contributed by atoms with Crippen LogP contribution in [0.15, 0.2) is 60.8 Å². The van der Waals surface area contributed by atoms with E-state index in [4.69, 9.17) is 33.7 Å². The molecule has 178 valence electrons. The van der Waals surface area contributed by atoms with E-state index >= 15 is 0 Å². The maximum atomic E-state index is 9.72. The summed E-state index contributed by atoms with van der Waals surface area (Å²) in [6.45, 7) is 6.58. The summed E-state index contributed by atoms with van der Waals surface area (Å²) < 4.78 is 5.61. The van der Waals surface area contributed by atoms with Gasteiger partial charge < -0.3 is 15.4 Å². The van der Waals surface area contributed by atoms with Crippen molar-refractivity contribution in [1.82, 2.24) is 9.97 Å². The highest BCUT2D eigenvalue weighted by Crippen LogP contribution is 2.40. The highest BCUT2D eigenvalue weighted by atomic mass is 35.5. The number of nitrogen functional groups attached to an aromatic ring is 1. The van der Waals surface area contributed by atoms with Crippen LogP contribution in [0.5, 0.6) is 5.75 Å². The number of hydrogen-bond acceptors (Lipinski definition) is 6. The summed E-state index contributed by atoms with van der Waals surface area (Å²) in [5.74, 6) is 1.06. The molecule has 0 aliphatic heterocycles. The van der Waals surface area contributed by atoms with E-state index in [-0.39, 0.29) is 12.1 Å². The van der Waals surface area contributed by atoms with E-state index < -0.39 is 0 Å². The molecule has 8 heteroatoms. The number of ether oxygens (including phenoxy) is 1. The minimum Gasteiger partial charge on any atom is -0.489 e. The van der Waals surface area contributed by atoms with Gasteiger partial charge in [-0.3, -0.25) is 4.98 Å². The molecule has 35 heavy (non-hydrogen) atoms. The number of rotatable bonds is 6. The molecule has 0 unspecified atom stereocenters. The van der Waals surface area contributed by atoms with E-state index in [1.807, 2.05) is 24.3 Å². The Hall–Kier alpha value is -3.53. The fourth-order valence-corrected chi connectivity index (χ4v) is 4.36. The van der Waals surface area contributed by atoms with Crippen LogP contribution in [-0.4, -0.2) is 28.0 Å². The molecule has 0 aliphatic rings. The Kier molecular flexibility index (Phi) is 7.02. The molecule has 0 bridgehead atoms. The maximum Gasteiger partial charge on any atom is 0.155 e. The number of nitrogens with zero attached hydrogens (tertiary/aromatic N) is 4. The van der Waals surface area contributed by atoms with Crippen LogP contribution in [0.2, 0.25) is 5.02 Å². The van der Waals surface area contributed by atoms with Crippen LogP contribution in [0.4, 0.5) is 17.2 Å². The number of nitrogens with two attached hydrogens (primary N) is 1. The Bertz CT molecular complexity index is 1410.